The number of nitrogens with one attached hydrogen (secondary N) is 1. The molecule has 1 aliphatic heterocycles. The van der Waals surface area contributed by atoms with E-state index in [-0.39, 0.29) is 5.91 Å². The van der Waals surface area contributed by atoms with Gasteiger partial charge in [-0.25, -0.2) is 0 Å². The van der Waals surface area contributed by atoms with E-state index < -0.39 is 0 Å². The molecular weight excluding hydrogens is 238 g/mol. The maximum atomic E-state index is 12.1. The number of benzene rings is 1. The molecule has 0 aromatic heterocycles. The summed E-state index contributed by atoms with van der Waals surface area (Å²) in [5.74, 6) is 0.154. The van der Waals surface area contributed by atoms with Crippen molar-refractivity contribution in [2.45, 2.75) is 31.8 Å². The Bertz CT molecular complexity index is 486. The van der Waals surface area contributed by atoms with Gasteiger partial charge in [0.15, 0.2) is 0 Å². The fourth-order valence-corrected chi connectivity index (χ4v) is 2.40. The number of hydrogen-bond donors (Lipinski definition) is 1. The highest BCUT2D eigenvalue weighted by molar-refractivity contribution is 5.76. The normalized spacial score (nSPS) is 18.0. The Kier molecular flexibility index (Phi) is 4.53. The standard InChI is InChI=1S/C15H19N3O/c1-18(15(19)9-14-6-3-7-17-14)11-13-5-2-4-12(8-13)10-16/h2,4-5,8,14,17H,3,6-7,9,11H2,1H3. The second kappa shape index (κ2) is 6.35. The van der Waals surface area contributed by atoms with Gasteiger partial charge in [0.1, 0.15) is 0 Å². The van der Waals surface area contributed by atoms with Gasteiger partial charge in [-0.2, -0.15) is 5.26 Å². The molecule has 0 bridgehead atoms. The summed E-state index contributed by atoms with van der Waals surface area (Å²) in [5.41, 5.74) is 1.63. The molecule has 1 atom stereocenters. The van der Waals surface area contributed by atoms with E-state index in [1.54, 1.807) is 11.0 Å². The van der Waals surface area contributed by atoms with Crippen molar-refractivity contribution in [3.05, 3.63) is 35.4 Å². The molecule has 1 aliphatic rings. The van der Waals surface area contributed by atoms with Gasteiger partial charge in [0, 0.05) is 26.1 Å². The van der Waals surface area contributed by atoms with Crippen molar-refractivity contribution >= 4 is 5.91 Å². The zero-order valence-electron chi connectivity index (χ0n) is 11.2. The molecule has 19 heavy (non-hydrogen) atoms. The predicted molar refractivity (Wildman–Crippen MR) is 73.3 cm³/mol. The molecule has 0 saturated carbocycles. The minimum atomic E-state index is 0.154. The Hall–Kier alpha value is -1.86. The van der Waals surface area contributed by atoms with Gasteiger partial charge in [0.05, 0.1) is 11.6 Å². The van der Waals surface area contributed by atoms with Crippen LogP contribution in [0.5, 0.6) is 0 Å². The Morgan fingerprint density at radius 3 is 3.11 bits per heavy atom. The minimum Gasteiger partial charge on any atom is -0.341 e. The lowest BCUT2D eigenvalue weighted by Crippen LogP contribution is -2.33. The number of carbonyl (C=O) groups is 1. The van der Waals surface area contributed by atoms with Crippen LogP contribution in [-0.2, 0) is 11.3 Å². The van der Waals surface area contributed by atoms with Crippen LogP contribution in [0.3, 0.4) is 0 Å². The van der Waals surface area contributed by atoms with Gasteiger partial charge in [-0.1, -0.05) is 12.1 Å². The molecule has 1 aromatic carbocycles. The fraction of sp³-hybridized carbons (Fsp3) is 0.467. The average molecular weight is 257 g/mol. The van der Waals surface area contributed by atoms with Crippen molar-refractivity contribution in [3.63, 3.8) is 0 Å². The van der Waals surface area contributed by atoms with Crippen LogP contribution in [-0.4, -0.2) is 30.4 Å². The van der Waals surface area contributed by atoms with Gasteiger partial charge in [-0.3, -0.25) is 4.79 Å². The molecule has 1 N–H and O–H groups in total. The number of nitriles is 1. The topological polar surface area (TPSA) is 56.1 Å². The van der Waals surface area contributed by atoms with Crippen molar-refractivity contribution in [1.82, 2.24) is 10.2 Å². The SMILES string of the molecule is CN(Cc1cccc(C#N)c1)C(=O)CC1CCCN1. The van der Waals surface area contributed by atoms with Gasteiger partial charge in [0.25, 0.3) is 0 Å². The van der Waals surface area contributed by atoms with Crippen LogP contribution in [0.25, 0.3) is 0 Å². The van der Waals surface area contributed by atoms with Crippen LogP contribution in [0, 0.1) is 11.3 Å². The van der Waals surface area contributed by atoms with E-state index in [2.05, 4.69) is 11.4 Å². The lowest BCUT2D eigenvalue weighted by atomic mass is 10.1. The molecule has 2 rings (SSSR count). The Morgan fingerprint density at radius 2 is 2.42 bits per heavy atom. The number of hydrogen-bond acceptors (Lipinski definition) is 3. The van der Waals surface area contributed by atoms with Crippen LogP contribution < -0.4 is 5.32 Å². The average Bonchev–Trinajstić information content (AvgIpc) is 2.91. The molecule has 1 heterocycles. The lowest BCUT2D eigenvalue weighted by Gasteiger charge is -2.19. The van der Waals surface area contributed by atoms with E-state index >= 15 is 0 Å². The number of carbonyl (C=O) groups excluding carboxylic acids is 1. The Labute approximate surface area is 114 Å². The van der Waals surface area contributed by atoms with Gasteiger partial charge < -0.3 is 10.2 Å². The third kappa shape index (κ3) is 3.80. The monoisotopic (exact) mass is 257 g/mol. The predicted octanol–water partition coefficient (Wildman–Crippen LogP) is 1.66. The minimum absolute atomic E-state index is 0.154. The Morgan fingerprint density at radius 1 is 1.58 bits per heavy atom. The Balaban J connectivity index is 1.90. The molecule has 0 radical (unpaired) electrons. The number of amides is 1. The van der Waals surface area contributed by atoms with Crippen LogP contribution in [0.15, 0.2) is 24.3 Å². The third-order valence-electron chi connectivity index (χ3n) is 3.48. The van der Waals surface area contributed by atoms with E-state index in [9.17, 15) is 4.79 Å². The lowest BCUT2D eigenvalue weighted by molar-refractivity contribution is -0.130. The quantitative estimate of drug-likeness (QED) is 0.892. The maximum absolute atomic E-state index is 12.1. The van der Waals surface area contributed by atoms with Crippen molar-refractivity contribution < 1.29 is 4.79 Å². The summed E-state index contributed by atoms with van der Waals surface area (Å²) in [6.45, 7) is 1.58. The first-order valence-corrected chi connectivity index (χ1v) is 6.65. The summed E-state index contributed by atoms with van der Waals surface area (Å²) >= 11 is 0. The van der Waals surface area contributed by atoms with Crippen molar-refractivity contribution in [2.24, 2.45) is 0 Å². The molecular formula is C15H19N3O. The highest BCUT2D eigenvalue weighted by atomic mass is 16.2. The van der Waals surface area contributed by atoms with Crippen LogP contribution in [0.2, 0.25) is 0 Å². The maximum Gasteiger partial charge on any atom is 0.224 e. The second-order valence-electron chi connectivity index (χ2n) is 5.06. The van der Waals surface area contributed by atoms with Gasteiger partial charge in [-0.05, 0) is 37.1 Å². The summed E-state index contributed by atoms with van der Waals surface area (Å²) in [5, 5.41) is 12.2. The molecule has 0 spiro atoms. The molecule has 1 fully saturated rings. The van der Waals surface area contributed by atoms with Crippen molar-refractivity contribution in [1.29, 1.82) is 5.26 Å². The molecule has 4 nitrogen and oxygen atoms in total. The van der Waals surface area contributed by atoms with Crippen molar-refractivity contribution in [3.8, 4) is 6.07 Å². The molecule has 0 aliphatic carbocycles. The summed E-state index contributed by atoms with van der Waals surface area (Å²) in [7, 11) is 1.82. The van der Waals surface area contributed by atoms with Crippen molar-refractivity contribution in [2.75, 3.05) is 13.6 Å². The zero-order chi connectivity index (χ0) is 13.7. The number of nitrogens with zero attached hydrogens (tertiary/aromatic N) is 2. The van der Waals surface area contributed by atoms with Gasteiger partial charge in [0.2, 0.25) is 5.91 Å². The molecule has 1 unspecified atom stereocenters. The first-order chi connectivity index (χ1) is 9.19. The fourth-order valence-electron chi connectivity index (χ4n) is 2.40. The first kappa shape index (κ1) is 13.6. The molecule has 4 heteroatoms. The van der Waals surface area contributed by atoms with Crippen LogP contribution in [0.1, 0.15) is 30.4 Å². The third-order valence-corrected chi connectivity index (χ3v) is 3.48. The smallest absolute Gasteiger partial charge is 0.224 e. The summed E-state index contributed by atoms with van der Waals surface area (Å²) in [4.78, 5) is 13.8. The summed E-state index contributed by atoms with van der Waals surface area (Å²) in [6, 6.07) is 9.85. The van der Waals surface area contributed by atoms with E-state index in [4.69, 9.17) is 5.26 Å². The van der Waals surface area contributed by atoms with Crippen LogP contribution in [0.4, 0.5) is 0 Å². The molecule has 1 amide bonds. The molecule has 100 valence electrons. The molecule has 1 saturated heterocycles. The second-order valence-corrected chi connectivity index (χ2v) is 5.06. The van der Waals surface area contributed by atoms with Crippen LogP contribution >= 0.6 is 0 Å². The van der Waals surface area contributed by atoms with Gasteiger partial charge >= 0.3 is 0 Å². The van der Waals surface area contributed by atoms with E-state index in [1.807, 2.05) is 25.2 Å². The largest absolute Gasteiger partial charge is 0.341 e. The highest BCUT2D eigenvalue weighted by Crippen LogP contribution is 2.12. The first-order valence-electron chi connectivity index (χ1n) is 6.65. The summed E-state index contributed by atoms with van der Waals surface area (Å²) in [6.07, 6.45) is 2.81. The van der Waals surface area contributed by atoms with E-state index in [0.29, 0.717) is 24.6 Å². The summed E-state index contributed by atoms with van der Waals surface area (Å²) < 4.78 is 0. The number of rotatable bonds is 4. The van der Waals surface area contributed by atoms with E-state index in [0.717, 1.165) is 24.9 Å². The molecule has 1 aromatic rings. The highest BCUT2D eigenvalue weighted by Gasteiger charge is 2.19. The van der Waals surface area contributed by atoms with E-state index in [1.165, 1.54) is 0 Å². The van der Waals surface area contributed by atoms with Gasteiger partial charge in [-0.15, -0.1) is 0 Å². The zero-order valence-corrected chi connectivity index (χ0v) is 11.2.